The van der Waals surface area contributed by atoms with E-state index in [2.05, 4.69) is 19.9 Å². The molecular weight excluding hydrogens is 387 g/mol. The summed E-state index contributed by atoms with van der Waals surface area (Å²) in [6.07, 6.45) is 0. The van der Waals surface area contributed by atoms with E-state index in [0.29, 0.717) is 30.6 Å². The summed E-state index contributed by atoms with van der Waals surface area (Å²) in [6.45, 7) is 5.50. The number of piperazine rings is 1. The summed E-state index contributed by atoms with van der Waals surface area (Å²) >= 11 is 0. The van der Waals surface area contributed by atoms with Gasteiger partial charge < -0.3 is 14.0 Å². The molecule has 1 aliphatic rings. The van der Waals surface area contributed by atoms with Crippen LogP contribution in [0.3, 0.4) is 0 Å². The van der Waals surface area contributed by atoms with Gasteiger partial charge in [0.2, 0.25) is 11.7 Å². The number of halogens is 1. The Morgan fingerprint density at radius 2 is 1.73 bits per heavy atom. The molecule has 1 aromatic heterocycles. The van der Waals surface area contributed by atoms with Gasteiger partial charge in [-0.1, -0.05) is 17.3 Å². The Labute approximate surface area is 175 Å². The number of rotatable bonds is 8. The standard InChI is InChI=1S/C22H25FN4O3/c1-28-18-8-6-17(7-9-18)22-24-21(30-25-22)16-27-12-10-26(11-13-27)14-15-29-20-5-3-2-4-19(20)23/h2-9H,10-16H2,1H3. The topological polar surface area (TPSA) is 63.9 Å². The summed E-state index contributed by atoms with van der Waals surface area (Å²) in [7, 11) is 1.64. The second-order valence-electron chi connectivity index (χ2n) is 7.14. The Morgan fingerprint density at radius 3 is 2.47 bits per heavy atom. The third-order valence-corrected chi connectivity index (χ3v) is 5.14. The highest BCUT2D eigenvalue weighted by atomic mass is 19.1. The first kappa shape index (κ1) is 20.3. The van der Waals surface area contributed by atoms with Crippen LogP contribution in [-0.4, -0.2) is 66.4 Å². The molecule has 8 heteroatoms. The van der Waals surface area contributed by atoms with E-state index in [1.54, 1.807) is 25.3 Å². The maximum absolute atomic E-state index is 13.6. The molecule has 7 nitrogen and oxygen atoms in total. The first-order valence-electron chi connectivity index (χ1n) is 10.0. The number of benzene rings is 2. The number of para-hydroxylation sites is 1. The Hall–Kier alpha value is -2.97. The number of hydrogen-bond donors (Lipinski definition) is 0. The van der Waals surface area contributed by atoms with Gasteiger partial charge in [-0.25, -0.2) is 4.39 Å². The fourth-order valence-electron chi connectivity index (χ4n) is 3.39. The average molecular weight is 412 g/mol. The zero-order valence-electron chi connectivity index (χ0n) is 17.0. The SMILES string of the molecule is COc1ccc(-c2noc(CN3CCN(CCOc4ccccc4F)CC3)n2)cc1. The maximum Gasteiger partial charge on any atom is 0.241 e. The lowest BCUT2D eigenvalue weighted by atomic mass is 10.2. The van der Waals surface area contributed by atoms with Gasteiger partial charge in [-0.05, 0) is 36.4 Å². The predicted octanol–water partition coefficient (Wildman–Crippen LogP) is 3.08. The van der Waals surface area contributed by atoms with Gasteiger partial charge in [0.15, 0.2) is 11.6 Å². The van der Waals surface area contributed by atoms with Gasteiger partial charge in [-0.15, -0.1) is 0 Å². The monoisotopic (exact) mass is 412 g/mol. The summed E-state index contributed by atoms with van der Waals surface area (Å²) in [5.41, 5.74) is 0.894. The molecule has 0 atom stereocenters. The lowest BCUT2D eigenvalue weighted by Crippen LogP contribution is -2.47. The molecule has 4 rings (SSSR count). The summed E-state index contributed by atoms with van der Waals surface area (Å²) in [6, 6.07) is 14.1. The van der Waals surface area contributed by atoms with Crippen molar-refractivity contribution in [3.05, 3.63) is 60.2 Å². The molecule has 1 aliphatic heterocycles. The first-order chi connectivity index (χ1) is 14.7. The molecule has 3 aromatic rings. The molecule has 1 saturated heterocycles. The third kappa shape index (κ3) is 5.14. The van der Waals surface area contributed by atoms with Crippen molar-refractivity contribution in [2.45, 2.75) is 6.54 Å². The number of hydrogen-bond acceptors (Lipinski definition) is 7. The molecule has 2 aromatic carbocycles. The zero-order chi connectivity index (χ0) is 20.8. The normalized spacial score (nSPS) is 15.3. The Kier molecular flexibility index (Phi) is 6.56. The van der Waals surface area contributed by atoms with Gasteiger partial charge in [0.25, 0.3) is 0 Å². The van der Waals surface area contributed by atoms with Crippen LogP contribution in [0.4, 0.5) is 4.39 Å². The second-order valence-corrected chi connectivity index (χ2v) is 7.14. The van der Waals surface area contributed by atoms with E-state index >= 15 is 0 Å². The van der Waals surface area contributed by atoms with Crippen molar-refractivity contribution in [3.63, 3.8) is 0 Å². The summed E-state index contributed by atoms with van der Waals surface area (Å²) in [5, 5.41) is 4.09. The number of ether oxygens (including phenoxy) is 2. The average Bonchev–Trinajstić information content (AvgIpc) is 3.25. The minimum absolute atomic E-state index is 0.306. The number of aromatic nitrogens is 2. The fourth-order valence-corrected chi connectivity index (χ4v) is 3.39. The molecule has 1 fully saturated rings. The van der Waals surface area contributed by atoms with E-state index in [0.717, 1.165) is 44.0 Å². The molecule has 0 unspecified atom stereocenters. The molecule has 0 bridgehead atoms. The summed E-state index contributed by atoms with van der Waals surface area (Å²) in [4.78, 5) is 9.12. The third-order valence-electron chi connectivity index (χ3n) is 5.14. The van der Waals surface area contributed by atoms with Crippen LogP contribution < -0.4 is 9.47 Å². The molecule has 0 N–H and O–H groups in total. The van der Waals surface area contributed by atoms with Crippen LogP contribution in [0, 0.1) is 5.82 Å². The van der Waals surface area contributed by atoms with Crippen LogP contribution in [0.2, 0.25) is 0 Å². The lowest BCUT2D eigenvalue weighted by Gasteiger charge is -2.33. The van der Waals surface area contributed by atoms with E-state index in [4.69, 9.17) is 14.0 Å². The summed E-state index contributed by atoms with van der Waals surface area (Å²) in [5.74, 6) is 1.96. The van der Waals surface area contributed by atoms with Crippen LogP contribution in [0.25, 0.3) is 11.4 Å². The quantitative estimate of drug-likeness (QED) is 0.563. The molecular formula is C22H25FN4O3. The van der Waals surface area contributed by atoms with Gasteiger partial charge in [-0.3, -0.25) is 9.80 Å². The summed E-state index contributed by atoms with van der Waals surface area (Å²) < 4.78 is 29.7. The minimum atomic E-state index is -0.323. The minimum Gasteiger partial charge on any atom is -0.497 e. The van der Waals surface area contributed by atoms with Crippen molar-refractivity contribution < 1.29 is 18.4 Å². The molecule has 0 amide bonds. The molecule has 0 saturated carbocycles. The maximum atomic E-state index is 13.6. The van der Waals surface area contributed by atoms with Crippen molar-refractivity contribution >= 4 is 0 Å². The van der Waals surface area contributed by atoms with E-state index in [9.17, 15) is 4.39 Å². The van der Waals surface area contributed by atoms with Crippen molar-refractivity contribution in [3.8, 4) is 22.9 Å². The van der Waals surface area contributed by atoms with Crippen molar-refractivity contribution in [1.82, 2.24) is 19.9 Å². The molecule has 2 heterocycles. The van der Waals surface area contributed by atoms with Crippen LogP contribution in [0.15, 0.2) is 53.1 Å². The smallest absolute Gasteiger partial charge is 0.241 e. The largest absolute Gasteiger partial charge is 0.497 e. The van der Waals surface area contributed by atoms with Gasteiger partial charge in [-0.2, -0.15) is 4.98 Å². The number of methoxy groups -OCH3 is 1. The predicted molar refractivity (Wildman–Crippen MR) is 110 cm³/mol. The van der Waals surface area contributed by atoms with Gasteiger partial charge in [0, 0.05) is 38.3 Å². The van der Waals surface area contributed by atoms with Gasteiger partial charge in [0.1, 0.15) is 12.4 Å². The highest BCUT2D eigenvalue weighted by Crippen LogP contribution is 2.20. The van der Waals surface area contributed by atoms with E-state index < -0.39 is 0 Å². The highest BCUT2D eigenvalue weighted by Gasteiger charge is 2.19. The zero-order valence-corrected chi connectivity index (χ0v) is 17.0. The van der Waals surface area contributed by atoms with E-state index in [1.165, 1.54) is 6.07 Å². The van der Waals surface area contributed by atoms with Crippen LogP contribution in [0.5, 0.6) is 11.5 Å². The molecule has 0 spiro atoms. The van der Waals surface area contributed by atoms with E-state index in [1.807, 2.05) is 24.3 Å². The Morgan fingerprint density at radius 1 is 1.00 bits per heavy atom. The first-order valence-corrected chi connectivity index (χ1v) is 10.0. The highest BCUT2D eigenvalue weighted by molar-refractivity contribution is 5.55. The van der Waals surface area contributed by atoms with Gasteiger partial charge >= 0.3 is 0 Å². The second kappa shape index (κ2) is 9.69. The van der Waals surface area contributed by atoms with Crippen LogP contribution in [0.1, 0.15) is 5.89 Å². The van der Waals surface area contributed by atoms with Gasteiger partial charge in [0.05, 0.1) is 13.7 Å². The lowest BCUT2D eigenvalue weighted by molar-refractivity contribution is 0.104. The van der Waals surface area contributed by atoms with Crippen LogP contribution >= 0.6 is 0 Å². The van der Waals surface area contributed by atoms with Crippen molar-refractivity contribution in [2.75, 3.05) is 46.4 Å². The molecule has 158 valence electrons. The van der Waals surface area contributed by atoms with Crippen molar-refractivity contribution in [1.29, 1.82) is 0 Å². The molecule has 30 heavy (non-hydrogen) atoms. The van der Waals surface area contributed by atoms with Crippen LogP contribution in [-0.2, 0) is 6.54 Å². The van der Waals surface area contributed by atoms with E-state index in [-0.39, 0.29) is 5.82 Å². The molecule has 0 radical (unpaired) electrons. The fraction of sp³-hybridized carbons (Fsp3) is 0.364. The Balaban J connectivity index is 1.21. The van der Waals surface area contributed by atoms with Crippen molar-refractivity contribution in [2.24, 2.45) is 0 Å². The number of nitrogens with zero attached hydrogens (tertiary/aromatic N) is 4. The molecule has 0 aliphatic carbocycles. The Bertz CT molecular complexity index is 940.